The van der Waals surface area contributed by atoms with Crippen LogP contribution in [0.15, 0.2) is 0 Å². The topological polar surface area (TPSA) is 43.7 Å². The smallest absolute Gasteiger partial charge is 0.0718 e. The molecule has 0 aromatic carbocycles. The van der Waals surface area contributed by atoms with Crippen LogP contribution in [0.5, 0.6) is 0 Å². The van der Waals surface area contributed by atoms with E-state index in [9.17, 15) is 5.11 Å². The summed E-state index contributed by atoms with van der Waals surface area (Å²) >= 11 is 0. The summed E-state index contributed by atoms with van der Waals surface area (Å²) in [5.41, 5.74) is 0. The number of aliphatic hydroxyl groups excluding tert-OH is 2. The van der Waals surface area contributed by atoms with Crippen LogP contribution in [0.1, 0.15) is 19.8 Å². The van der Waals surface area contributed by atoms with Crippen LogP contribution in [0, 0.1) is 0 Å². The Morgan fingerprint density at radius 1 is 1.55 bits per heavy atom. The third-order valence-corrected chi connectivity index (χ3v) is 2.45. The van der Waals surface area contributed by atoms with Crippen molar-refractivity contribution < 1.29 is 10.2 Å². The standard InChI is InChI=1S/C8H17NO2/c1-2-9-5-3-4-8(11)7(9)6-10/h7-8,10-11H,2-6H2,1H3. The van der Waals surface area contributed by atoms with E-state index in [2.05, 4.69) is 11.8 Å². The molecule has 2 unspecified atom stereocenters. The zero-order valence-electron chi connectivity index (χ0n) is 7.03. The Hall–Kier alpha value is -0.120. The second-order valence-corrected chi connectivity index (χ2v) is 3.09. The molecule has 11 heavy (non-hydrogen) atoms. The van der Waals surface area contributed by atoms with Crippen LogP contribution in [0.25, 0.3) is 0 Å². The summed E-state index contributed by atoms with van der Waals surface area (Å²) in [4.78, 5) is 2.13. The summed E-state index contributed by atoms with van der Waals surface area (Å²) in [5.74, 6) is 0. The quantitative estimate of drug-likeness (QED) is 0.587. The van der Waals surface area contributed by atoms with Crippen molar-refractivity contribution in [2.75, 3.05) is 19.7 Å². The van der Waals surface area contributed by atoms with Gasteiger partial charge in [0.2, 0.25) is 0 Å². The lowest BCUT2D eigenvalue weighted by molar-refractivity contribution is -0.0131. The monoisotopic (exact) mass is 159 g/mol. The van der Waals surface area contributed by atoms with Gasteiger partial charge in [-0.05, 0) is 25.9 Å². The molecule has 1 saturated heterocycles. The molecule has 66 valence electrons. The van der Waals surface area contributed by atoms with Gasteiger partial charge in [-0.15, -0.1) is 0 Å². The highest BCUT2D eigenvalue weighted by atomic mass is 16.3. The second kappa shape index (κ2) is 4.04. The molecular formula is C8H17NO2. The lowest BCUT2D eigenvalue weighted by Gasteiger charge is -2.37. The summed E-state index contributed by atoms with van der Waals surface area (Å²) < 4.78 is 0. The lowest BCUT2D eigenvalue weighted by atomic mass is 10.00. The normalized spacial score (nSPS) is 34.1. The van der Waals surface area contributed by atoms with E-state index in [4.69, 9.17) is 5.11 Å². The molecule has 2 N–H and O–H groups in total. The van der Waals surface area contributed by atoms with Gasteiger partial charge in [-0.1, -0.05) is 6.92 Å². The number of hydrogen-bond acceptors (Lipinski definition) is 3. The third kappa shape index (κ3) is 1.92. The fraction of sp³-hybridized carbons (Fsp3) is 1.00. The molecule has 0 amide bonds. The van der Waals surface area contributed by atoms with Gasteiger partial charge in [0.15, 0.2) is 0 Å². The molecular weight excluding hydrogens is 142 g/mol. The summed E-state index contributed by atoms with van der Waals surface area (Å²) in [6, 6.07) is -0.0197. The Bertz CT molecular complexity index is 119. The highest BCUT2D eigenvalue weighted by molar-refractivity contribution is 4.82. The second-order valence-electron chi connectivity index (χ2n) is 3.09. The number of aliphatic hydroxyl groups is 2. The Labute approximate surface area is 67.6 Å². The SMILES string of the molecule is CCN1CCCC(O)C1CO. The number of likely N-dealkylation sites (N-methyl/N-ethyl adjacent to an activating group) is 1. The lowest BCUT2D eigenvalue weighted by Crippen LogP contribution is -2.50. The maximum atomic E-state index is 9.47. The molecule has 2 atom stereocenters. The van der Waals surface area contributed by atoms with E-state index in [0.717, 1.165) is 25.9 Å². The first-order chi connectivity index (χ1) is 5.29. The fourth-order valence-electron chi connectivity index (χ4n) is 1.73. The van der Waals surface area contributed by atoms with Crippen molar-refractivity contribution in [2.24, 2.45) is 0 Å². The number of piperidine rings is 1. The molecule has 1 aliphatic rings. The highest BCUT2D eigenvalue weighted by Crippen LogP contribution is 2.16. The molecule has 1 fully saturated rings. The van der Waals surface area contributed by atoms with Crippen LogP contribution in [-0.2, 0) is 0 Å². The van der Waals surface area contributed by atoms with Crippen molar-refractivity contribution in [2.45, 2.75) is 31.9 Å². The first kappa shape index (κ1) is 8.97. The van der Waals surface area contributed by atoms with Crippen molar-refractivity contribution >= 4 is 0 Å². The van der Waals surface area contributed by atoms with Crippen molar-refractivity contribution in [3.05, 3.63) is 0 Å². The van der Waals surface area contributed by atoms with Gasteiger partial charge < -0.3 is 10.2 Å². The zero-order chi connectivity index (χ0) is 8.27. The van der Waals surface area contributed by atoms with Gasteiger partial charge in [0, 0.05) is 0 Å². The Balaban J connectivity index is 2.48. The highest BCUT2D eigenvalue weighted by Gasteiger charge is 2.27. The molecule has 0 radical (unpaired) electrons. The van der Waals surface area contributed by atoms with Gasteiger partial charge in [0.25, 0.3) is 0 Å². The summed E-state index contributed by atoms with van der Waals surface area (Å²) in [5, 5.41) is 18.4. The Kier molecular flexibility index (Phi) is 3.30. The van der Waals surface area contributed by atoms with E-state index in [1.54, 1.807) is 0 Å². The van der Waals surface area contributed by atoms with Crippen molar-refractivity contribution in [1.82, 2.24) is 4.90 Å². The average molecular weight is 159 g/mol. The molecule has 1 rings (SSSR count). The number of nitrogens with zero attached hydrogens (tertiary/aromatic N) is 1. The predicted molar refractivity (Wildman–Crippen MR) is 43.4 cm³/mol. The van der Waals surface area contributed by atoms with Crippen LogP contribution in [0.3, 0.4) is 0 Å². The summed E-state index contributed by atoms with van der Waals surface area (Å²) in [6.07, 6.45) is 1.56. The van der Waals surface area contributed by atoms with Crippen LogP contribution >= 0.6 is 0 Å². The minimum absolute atomic E-state index is 0.0197. The fourth-order valence-corrected chi connectivity index (χ4v) is 1.73. The summed E-state index contributed by atoms with van der Waals surface area (Å²) in [6.45, 7) is 4.07. The molecule has 0 bridgehead atoms. The zero-order valence-corrected chi connectivity index (χ0v) is 7.03. The number of likely N-dealkylation sites (tertiary alicyclic amines) is 1. The molecule has 0 saturated carbocycles. The molecule has 0 aromatic heterocycles. The third-order valence-electron chi connectivity index (χ3n) is 2.45. The van der Waals surface area contributed by atoms with Gasteiger partial charge in [0.1, 0.15) is 0 Å². The first-order valence-electron chi connectivity index (χ1n) is 4.32. The Morgan fingerprint density at radius 3 is 2.73 bits per heavy atom. The molecule has 0 aromatic rings. The molecule has 3 nitrogen and oxygen atoms in total. The van der Waals surface area contributed by atoms with E-state index >= 15 is 0 Å². The van der Waals surface area contributed by atoms with E-state index < -0.39 is 0 Å². The average Bonchev–Trinajstić information content (AvgIpc) is 2.04. The van der Waals surface area contributed by atoms with E-state index in [1.807, 2.05) is 0 Å². The van der Waals surface area contributed by atoms with Crippen molar-refractivity contribution in [3.63, 3.8) is 0 Å². The van der Waals surface area contributed by atoms with Crippen LogP contribution in [0.2, 0.25) is 0 Å². The number of rotatable bonds is 2. The van der Waals surface area contributed by atoms with E-state index in [1.165, 1.54) is 0 Å². The minimum Gasteiger partial charge on any atom is -0.395 e. The van der Waals surface area contributed by atoms with Gasteiger partial charge >= 0.3 is 0 Å². The first-order valence-corrected chi connectivity index (χ1v) is 4.32. The largest absolute Gasteiger partial charge is 0.395 e. The van der Waals surface area contributed by atoms with Gasteiger partial charge in [-0.25, -0.2) is 0 Å². The van der Waals surface area contributed by atoms with Gasteiger partial charge in [-0.3, -0.25) is 4.90 Å². The van der Waals surface area contributed by atoms with Gasteiger partial charge in [-0.2, -0.15) is 0 Å². The van der Waals surface area contributed by atoms with Crippen molar-refractivity contribution in [3.8, 4) is 0 Å². The van der Waals surface area contributed by atoms with E-state index in [0.29, 0.717) is 0 Å². The predicted octanol–water partition coefficient (Wildman–Crippen LogP) is -0.176. The van der Waals surface area contributed by atoms with Crippen molar-refractivity contribution in [1.29, 1.82) is 0 Å². The Morgan fingerprint density at radius 2 is 2.27 bits per heavy atom. The molecule has 0 spiro atoms. The maximum absolute atomic E-state index is 9.47. The number of hydrogen-bond donors (Lipinski definition) is 2. The summed E-state index contributed by atoms with van der Waals surface area (Å²) in [7, 11) is 0. The van der Waals surface area contributed by atoms with Crippen LogP contribution in [0.4, 0.5) is 0 Å². The van der Waals surface area contributed by atoms with Crippen LogP contribution in [-0.4, -0.2) is 47.0 Å². The minimum atomic E-state index is -0.325. The molecule has 1 heterocycles. The molecule has 0 aliphatic carbocycles. The van der Waals surface area contributed by atoms with E-state index in [-0.39, 0.29) is 18.8 Å². The van der Waals surface area contributed by atoms with Gasteiger partial charge in [0.05, 0.1) is 18.8 Å². The molecule has 3 heteroatoms. The molecule has 1 aliphatic heterocycles. The maximum Gasteiger partial charge on any atom is 0.0718 e. The van der Waals surface area contributed by atoms with Crippen LogP contribution < -0.4 is 0 Å².